The molecule has 2 aliphatic carbocycles. The van der Waals surface area contributed by atoms with Crippen molar-refractivity contribution in [1.82, 2.24) is 0 Å². The van der Waals surface area contributed by atoms with Gasteiger partial charge >= 0.3 is 5.97 Å². The highest BCUT2D eigenvalue weighted by atomic mass is 16.4. The molecule has 0 bridgehead atoms. The fourth-order valence-electron chi connectivity index (χ4n) is 2.38. The zero-order valence-corrected chi connectivity index (χ0v) is 9.28. The second-order valence-corrected chi connectivity index (χ2v) is 5.28. The molecule has 0 radical (unpaired) electrons. The Morgan fingerprint density at radius 3 is 2.69 bits per heavy atom. The summed E-state index contributed by atoms with van der Waals surface area (Å²) in [5, 5.41) is 9.16. The molecule has 2 saturated carbocycles. The number of hydrogen-bond donors (Lipinski definition) is 1. The standard InChI is InChI=1S/C14H16O2/c15-13(16)14(6-7-14)9-10-2-1-3-12(8-10)11-4-5-11/h1-3,8,11H,4-7,9H2,(H,15,16). The number of carbonyl (C=O) groups is 1. The first-order chi connectivity index (χ1) is 7.70. The Bertz CT molecular complexity index is 428. The summed E-state index contributed by atoms with van der Waals surface area (Å²) in [5.41, 5.74) is 2.17. The van der Waals surface area contributed by atoms with Crippen LogP contribution in [-0.2, 0) is 11.2 Å². The van der Waals surface area contributed by atoms with Crippen LogP contribution in [-0.4, -0.2) is 11.1 Å². The van der Waals surface area contributed by atoms with E-state index in [2.05, 4.69) is 24.3 Å². The topological polar surface area (TPSA) is 37.3 Å². The van der Waals surface area contributed by atoms with Gasteiger partial charge in [-0.25, -0.2) is 0 Å². The largest absolute Gasteiger partial charge is 0.481 e. The lowest BCUT2D eigenvalue weighted by atomic mass is 9.95. The number of carboxylic acid groups (broad SMARTS) is 1. The summed E-state index contributed by atoms with van der Waals surface area (Å²) in [6.07, 6.45) is 5.00. The van der Waals surface area contributed by atoms with Gasteiger partial charge in [0.1, 0.15) is 0 Å². The SMILES string of the molecule is O=C(O)C1(Cc2cccc(C3CC3)c2)CC1. The van der Waals surface area contributed by atoms with E-state index in [9.17, 15) is 4.79 Å². The van der Waals surface area contributed by atoms with Crippen LogP contribution in [0.3, 0.4) is 0 Å². The normalized spacial score (nSPS) is 21.8. The highest BCUT2D eigenvalue weighted by molar-refractivity contribution is 5.78. The van der Waals surface area contributed by atoms with Gasteiger partial charge in [-0.2, -0.15) is 0 Å². The third-order valence-corrected chi connectivity index (χ3v) is 3.85. The summed E-state index contributed by atoms with van der Waals surface area (Å²) in [6, 6.07) is 8.51. The summed E-state index contributed by atoms with van der Waals surface area (Å²) in [5.74, 6) is 0.129. The molecule has 3 rings (SSSR count). The van der Waals surface area contributed by atoms with Crippen molar-refractivity contribution in [1.29, 1.82) is 0 Å². The molecule has 0 saturated heterocycles. The monoisotopic (exact) mass is 216 g/mol. The maximum Gasteiger partial charge on any atom is 0.309 e. The predicted molar refractivity (Wildman–Crippen MR) is 61.4 cm³/mol. The van der Waals surface area contributed by atoms with Crippen molar-refractivity contribution in [2.45, 2.75) is 38.0 Å². The van der Waals surface area contributed by atoms with Crippen molar-refractivity contribution in [3.8, 4) is 0 Å². The van der Waals surface area contributed by atoms with Gasteiger partial charge in [0.05, 0.1) is 5.41 Å². The minimum atomic E-state index is -0.621. The molecule has 0 aliphatic heterocycles. The lowest BCUT2D eigenvalue weighted by Crippen LogP contribution is -2.17. The van der Waals surface area contributed by atoms with Crippen LogP contribution < -0.4 is 0 Å². The molecule has 2 fully saturated rings. The summed E-state index contributed by atoms with van der Waals surface area (Å²) in [4.78, 5) is 11.1. The molecule has 1 N–H and O–H groups in total. The van der Waals surface area contributed by atoms with Crippen LogP contribution in [0.1, 0.15) is 42.7 Å². The highest BCUT2D eigenvalue weighted by Gasteiger charge is 2.49. The minimum Gasteiger partial charge on any atom is -0.481 e. The quantitative estimate of drug-likeness (QED) is 0.840. The fourth-order valence-corrected chi connectivity index (χ4v) is 2.38. The van der Waals surface area contributed by atoms with Gasteiger partial charge in [-0.3, -0.25) is 4.79 Å². The Labute approximate surface area is 95.3 Å². The first-order valence-corrected chi connectivity index (χ1v) is 6.02. The molecule has 2 heteroatoms. The van der Waals surface area contributed by atoms with Crippen LogP contribution in [0.2, 0.25) is 0 Å². The Morgan fingerprint density at radius 1 is 1.38 bits per heavy atom. The molecule has 0 amide bonds. The highest BCUT2D eigenvalue weighted by Crippen LogP contribution is 2.49. The van der Waals surface area contributed by atoms with Gasteiger partial charge in [0.2, 0.25) is 0 Å². The average molecular weight is 216 g/mol. The van der Waals surface area contributed by atoms with Crippen LogP contribution >= 0.6 is 0 Å². The van der Waals surface area contributed by atoms with E-state index in [1.165, 1.54) is 24.0 Å². The van der Waals surface area contributed by atoms with Gasteiger partial charge < -0.3 is 5.11 Å². The van der Waals surface area contributed by atoms with Crippen LogP contribution in [0.5, 0.6) is 0 Å². The summed E-state index contributed by atoms with van der Waals surface area (Å²) in [7, 11) is 0. The molecule has 0 aromatic heterocycles. The molecular formula is C14H16O2. The summed E-state index contributed by atoms with van der Waals surface area (Å²) in [6.45, 7) is 0. The van der Waals surface area contributed by atoms with Crippen molar-refractivity contribution in [2.75, 3.05) is 0 Å². The zero-order chi connectivity index (χ0) is 11.2. The number of rotatable bonds is 4. The molecule has 84 valence electrons. The lowest BCUT2D eigenvalue weighted by molar-refractivity contribution is -0.143. The van der Waals surface area contributed by atoms with Gasteiger partial charge in [0, 0.05) is 0 Å². The second-order valence-electron chi connectivity index (χ2n) is 5.28. The van der Waals surface area contributed by atoms with Gasteiger partial charge in [0.15, 0.2) is 0 Å². The number of aliphatic carboxylic acids is 1. The second kappa shape index (κ2) is 3.34. The molecule has 2 nitrogen and oxygen atoms in total. The van der Waals surface area contributed by atoms with Gasteiger partial charge in [-0.05, 0) is 49.1 Å². The Hall–Kier alpha value is -1.31. The Kier molecular flexibility index (Phi) is 2.06. The molecular weight excluding hydrogens is 200 g/mol. The smallest absolute Gasteiger partial charge is 0.309 e. The van der Waals surface area contributed by atoms with Gasteiger partial charge in [-0.1, -0.05) is 24.3 Å². The van der Waals surface area contributed by atoms with Crippen molar-refractivity contribution >= 4 is 5.97 Å². The third kappa shape index (κ3) is 1.73. The third-order valence-electron chi connectivity index (χ3n) is 3.85. The summed E-state index contributed by atoms with van der Waals surface area (Å²) >= 11 is 0. The molecule has 0 atom stereocenters. The molecule has 1 aromatic rings. The van der Waals surface area contributed by atoms with E-state index in [1.54, 1.807) is 0 Å². The molecule has 1 aromatic carbocycles. The van der Waals surface area contributed by atoms with E-state index in [0.717, 1.165) is 18.8 Å². The molecule has 2 aliphatic rings. The van der Waals surface area contributed by atoms with Crippen LogP contribution in [0.15, 0.2) is 24.3 Å². The van der Waals surface area contributed by atoms with Crippen molar-refractivity contribution < 1.29 is 9.90 Å². The minimum absolute atomic E-state index is 0.428. The predicted octanol–water partition coefficient (Wildman–Crippen LogP) is 2.97. The number of carboxylic acids is 1. The van der Waals surface area contributed by atoms with Crippen LogP contribution in [0.25, 0.3) is 0 Å². The number of benzene rings is 1. The maximum absolute atomic E-state index is 11.1. The van der Waals surface area contributed by atoms with E-state index in [0.29, 0.717) is 6.42 Å². The molecule has 16 heavy (non-hydrogen) atoms. The van der Waals surface area contributed by atoms with Crippen molar-refractivity contribution in [2.24, 2.45) is 5.41 Å². The van der Waals surface area contributed by atoms with Crippen LogP contribution in [0, 0.1) is 5.41 Å². The first kappa shape index (κ1) is 9.88. The van der Waals surface area contributed by atoms with Crippen molar-refractivity contribution in [3.05, 3.63) is 35.4 Å². The first-order valence-electron chi connectivity index (χ1n) is 6.02. The van der Waals surface area contributed by atoms with Crippen LogP contribution in [0.4, 0.5) is 0 Å². The summed E-state index contributed by atoms with van der Waals surface area (Å²) < 4.78 is 0. The zero-order valence-electron chi connectivity index (χ0n) is 9.28. The van der Waals surface area contributed by atoms with E-state index in [1.807, 2.05) is 0 Å². The van der Waals surface area contributed by atoms with E-state index in [4.69, 9.17) is 5.11 Å². The van der Waals surface area contributed by atoms with E-state index >= 15 is 0 Å². The van der Waals surface area contributed by atoms with Gasteiger partial charge in [0.25, 0.3) is 0 Å². The molecule has 0 heterocycles. The maximum atomic E-state index is 11.1. The Morgan fingerprint density at radius 2 is 2.12 bits per heavy atom. The van der Waals surface area contributed by atoms with E-state index in [-0.39, 0.29) is 0 Å². The Balaban J connectivity index is 1.79. The fraction of sp³-hybridized carbons (Fsp3) is 0.500. The number of hydrogen-bond acceptors (Lipinski definition) is 1. The van der Waals surface area contributed by atoms with E-state index < -0.39 is 11.4 Å². The molecule has 0 spiro atoms. The van der Waals surface area contributed by atoms with Crippen molar-refractivity contribution in [3.63, 3.8) is 0 Å². The average Bonchev–Trinajstić information content (AvgIpc) is 3.13. The van der Waals surface area contributed by atoms with Gasteiger partial charge in [-0.15, -0.1) is 0 Å². The lowest BCUT2D eigenvalue weighted by Gasteiger charge is -2.10. The molecule has 0 unspecified atom stereocenters.